The first-order valence-electron chi connectivity index (χ1n) is 8.98. The fourth-order valence-corrected chi connectivity index (χ4v) is 4.40. The molecule has 2 aliphatic rings. The molecule has 0 saturated carbocycles. The molecule has 2 aliphatic heterocycles. The fraction of sp³-hybridized carbons (Fsp3) is 0.333. The van der Waals surface area contributed by atoms with E-state index in [-0.39, 0.29) is 23.8 Å². The zero-order chi connectivity index (χ0) is 18.1. The van der Waals surface area contributed by atoms with Gasteiger partial charge in [0.1, 0.15) is 5.78 Å². The second kappa shape index (κ2) is 6.92. The molecule has 134 valence electrons. The van der Waals surface area contributed by atoms with Gasteiger partial charge in [-0.3, -0.25) is 9.69 Å². The van der Waals surface area contributed by atoms with Crippen LogP contribution in [-0.2, 0) is 4.79 Å². The normalized spacial score (nSPS) is 23.3. The topological polar surface area (TPSA) is 60.9 Å². The van der Waals surface area contributed by atoms with Crippen molar-refractivity contribution >= 4 is 11.9 Å². The molecule has 0 radical (unpaired) electrons. The van der Waals surface area contributed by atoms with Crippen LogP contribution in [0.25, 0.3) is 0 Å². The van der Waals surface area contributed by atoms with Crippen molar-refractivity contribution in [1.29, 1.82) is 0 Å². The lowest BCUT2D eigenvalue weighted by molar-refractivity contribution is -0.117. The number of fused-ring (bicyclic) bond motifs is 1. The molecule has 2 aromatic carbocycles. The molecule has 0 aliphatic carbocycles. The zero-order valence-electron chi connectivity index (χ0n) is 14.5. The molecule has 0 unspecified atom stereocenters. The van der Waals surface area contributed by atoms with E-state index in [4.69, 9.17) is 0 Å². The largest absolute Gasteiger partial charge is 0.465 e. The van der Waals surface area contributed by atoms with Gasteiger partial charge >= 0.3 is 6.09 Å². The van der Waals surface area contributed by atoms with E-state index in [0.717, 1.165) is 11.1 Å². The Bertz CT molecular complexity index is 754. The second-order valence-electron chi connectivity index (χ2n) is 7.12. The van der Waals surface area contributed by atoms with Crippen molar-refractivity contribution in [2.24, 2.45) is 0 Å². The Morgan fingerprint density at radius 1 is 0.962 bits per heavy atom. The van der Waals surface area contributed by atoms with Crippen molar-refractivity contribution in [3.8, 4) is 0 Å². The van der Waals surface area contributed by atoms with Gasteiger partial charge in [-0.15, -0.1) is 0 Å². The van der Waals surface area contributed by atoms with Crippen LogP contribution in [0.3, 0.4) is 0 Å². The molecule has 2 saturated heterocycles. The zero-order valence-corrected chi connectivity index (χ0v) is 14.5. The molecule has 2 aromatic rings. The van der Waals surface area contributed by atoms with Crippen molar-refractivity contribution < 1.29 is 14.7 Å². The Hall–Kier alpha value is -2.66. The third-order valence-corrected chi connectivity index (χ3v) is 5.53. The van der Waals surface area contributed by atoms with Crippen molar-refractivity contribution in [3.63, 3.8) is 0 Å². The number of benzene rings is 2. The van der Waals surface area contributed by atoms with Crippen LogP contribution >= 0.6 is 0 Å². The number of ketones is 1. The summed E-state index contributed by atoms with van der Waals surface area (Å²) in [5.41, 5.74) is 2.29. The number of hydrogen-bond acceptors (Lipinski definition) is 3. The predicted molar refractivity (Wildman–Crippen MR) is 98.2 cm³/mol. The van der Waals surface area contributed by atoms with Crippen LogP contribution < -0.4 is 0 Å². The lowest BCUT2D eigenvalue weighted by Crippen LogP contribution is -2.59. The number of Topliss-reactive ketones (excluding diaryl/α,β-unsaturated/α-hetero) is 1. The van der Waals surface area contributed by atoms with Crippen molar-refractivity contribution in [1.82, 2.24) is 9.80 Å². The van der Waals surface area contributed by atoms with E-state index < -0.39 is 6.09 Å². The summed E-state index contributed by atoms with van der Waals surface area (Å²) in [5.74, 6) is 0.222. The lowest BCUT2D eigenvalue weighted by atomic mass is 9.82. The first-order chi connectivity index (χ1) is 12.6. The van der Waals surface area contributed by atoms with Gasteiger partial charge in [0.05, 0.1) is 6.54 Å². The molecule has 1 N–H and O–H groups in total. The van der Waals surface area contributed by atoms with Gasteiger partial charge in [0.25, 0.3) is 0 Å². The Kier molecular flexibility index (Phi) is 4.47. The SMILES string of the molecule is O=C1C[C@H]2CN(C(=O)O)C[C@@H](C(c3ccccc3)c3ccccc3)N2C1. The molecule has 4 rings (SSSR count). The molecule has 1 amide bonds. The third kappa shape index (κ3) is 3.10. The number of carboxylic acid groups (broad SMARTS) is 1. The summed E-state index contributed by atoms with van der Waals surface area (Å²) in [5, 5.41) is 9.59. The third-order valence-electron chi connectivity index (χ3n) is 5.53. The Balaban J connectivity index is 1.78. The van der Waals surface area contributed by atoms with Crippen molar-refractivity contribution in [2.45, 2.75) is 24.4 Å². The Morgan fingerprint density at radius 3 is 2.08 bits per heavy atom. The van der Waals surface area contributed by atoms with Crippen molar-refractivity contribution in [2.75, 3.05) is 19.6 Å². The smallest absolute Gasteiger partial charge is 0.407 e. The van der Waals surface area contributed by atoms with Crippen molar-refractivity contribution in [3.05, 3.63) is 71.8 Å². The summed E-state index contributed by atoms with van der Waals surface area (Å²) in [6.07, 6.45) is -0.467. The first kappa shape index (κ1) is 16.8. The number of carbonyl (C=O) groups excluding carboxylic acids is 1. The summed E-state index contributed by atoms with van der Waals surface area (Å²) in [6.45, 7) is 1.24. The molecule has 5 heteroatoms. The molecule has 2 heterocycles. The van der Waals surface area contributed by atoms with Gasteiger partial charge in [0.2, 0.25) is 0 Å². The van der Waals surface area contributed by atoms with Crippen LogP contribution in [0.2, 0.25) is 0 Å². The molecular formula is C21H22N2O3. The van der Waals surface area contributed by atoms with Crippen LogP contribution in [0.1, 0.15) is 23.5 Å². The highest BCUT2D eigenvalue weighted by atomic mass is 16.4. The second-order valence-corrected chi connectivity index (χ2v) is 7.12. The van der Waals surface area contributed by atoms with Crippen LogP contribution in [0.4, 0.5) is 4.79 Å². The summed E-state index contributed by atoms with van der Waals surface area (Å²) in [7, 11) is 0. The number of amides is 1. The van der Waals surface area contributed by atoms with E-state index in [1.54, 1.807) is 0 Å². The van der Waals surface area contributed by atoms with Gasteiger partial charge < -0.3 is 10.0 Å². The van der Waals surface area contributed by atoms with Crippen LogP contribution in [0.15, 0.2) is 60.7 Å². The highest BCUT2D eigenvalue weighted by molar-refractivity contribution is 5.83. The fourth-order valence-electron chi connectivity index (χ4n) is 4.40. The van der Waals surface area contributed by atoms with E-state index in [2.05, 4.69) is 29.2 Å². The van der Waals surface area contributed by atoms with Gasteiger partial charge in [0, 0.05) is 37.5 Å². The number of rotatable bonds is 3. The highest BCUT2D eigenvalue weighted by Crippen LogP contribution is 2.36. The summed E-state index contributed by atoms with van der Waals surface area (Å²) >= 11 is 0. The molecule has 2 atom stereocenters. The average molecular weight is 350 g/mol. The van der Waals surface area contributed by atoms with Gasteiger partial charge in [-0.2, -0.15) is 0 Å². The Labute approximate surface area is 152 Å². The Morgan fingerprint density at radius 2 is 1.54 bits per heavy atom. The highest BCUT2D eigenvalue weighted by Gasteiger charge is 2.45. The molecule has 0 spiro atoms. The summed E-state index contributed by atoms with van der Waals surface area (Å²) in [4.78, 5) is 27.5. The van der Waals surface area contributed by atoms with E-state index in [1.807, 2.05) is 36.4 Å². The summed E-state index contributed by atoms with van der Waals surface area (Å²) in [6, 6.07) is 20.3. The predicted octanol–water partition coefficient (Wildman–Crippen LogP) is 2.82. The maximum atomic E-state index is 12.1. The lowest BCUT2D eigenvalue weighted by Gasteiger charge is -2.45. The number of nitrogens with zero attached hydrogens (tertiary/aromatic N) is 2. The minimum atomic E-state index is -0.908. The maximum absolute atomic E-state index is 12.1. The van der Waals surface area contributed by atoms with Crippen LogP contribution in [0, 0.1) is 0 Å². The van der Waals surface area contributed by atoms with E-state index in [1.165, 1.54) is 4.90 Å². The van der Waals surface area contributed by atoms with E-state index in [9.17, 15) is 14.7 Å². The minimum Gasteiger partial charge on any atom is -0.465 e. The number of piperazine rings is 1. The number of carbonyl (C=O) groups is 2. The quantitative estimate of drug-likeness (QED) is 0.925. The molecule has 0 bridgehead atoms. The maximum Gasteiger partial charge on any atom is 0.407 e. The molecule has 0 aromatic heterocycles. The van der Waals surface area contributed by atoms with E-state index >= 15 is 0 Å². The molecular weight excluding hydrogens is 328 g/mol. The van der Waals surface area contributed by atoms with Gasteiger partial charge in [-0.1, -0.05) is 60.7 Å². The molecule has 5 nitrogen and oxygen atoms in total. The van der Waals surface area contributed by atoms with Crippen LogP contribution in [-0.4, -0.2) is 58.5 Å². The van der Waals surface area contributed by atoms with Gasteiger partial charge in [-0.05, 0) is 11.1 Å². The van der Waals surface area contributed by atoms with Crippen LogP contribution in [0.5, 0.6) is 0 Å². The standard InChI is InChI=1S/C21H22N2O3/c24-18-11-17-12-22(21(25)26)14-19(23(17)13-18)20(15-7-3-1-4-8-15)16-9-5-2-6-10-16/h1-10,17,19-20H,11-14H2,(H,25,26)/t17-,19-/m0/s1. The first-order valence-corrected chi connectivity index (χ1v) is 8.98. The van der Waals surface area contributed by atoms with E-state index in [0.29, 0.717) is 26.1 Å². The average Bonchev–Trinajstić information content (AvgIpc) is 3.04. The van der Waals surface area contributed by atoms with Gasteiger partial charge in [-0.25, -0.2) is 4.79 Å². The van der Waals surface area contributed by atoms with Gasteiger partial charge in [0.15, 0.2) is 0 Å². The minimum absolute atomic E-state index is 0.0210. The monoisotopic (exact) mass is 350 g/mol. The molecule has 2 fully saturated rings. The number of hydrogen-bond donors (Lipinski definition) is 1. The molecule has 26 heavy (non-hydrogen) atoms. The summed E-state index contributed by atoms with van der Waals surface area (Å²) < 4.78 is 0.